The van der Waals surface area contributed by atoms with Crippen molar-refractivity contribution in [1.82, 2.24) is 9.62 Å². The SMILES string of the molecule is Cc1ccc([C@H](C)NC(=O)c2cc(S(=O)(=O)N3CCC(C)CC3)ccc2Cl)cc1. The number of nitrogens with one attached hydrogen (secondary N) is 1. The third-order valence-corrected chi connectivity index (χ3v) is 7.71. The van der Waals surface area contributed by atoms with E-state index in [0.717, 1.165) is 24.0 Å². The van der Waals surface area contributed by atoms with E-state index in [0.29, 0.717) is 19.0 Å². The van der Waals surface area contributed by atoms with E-state index in [9.17, 15) is 13.2 Å². The Morgan fingerprint density at radius 1 is 1.14 bits per heavy atom. The molecule has 1 amide bonds. The molecule has 1 saturated heterocycles. The number of carbonyl (C=O) groups is 1. The van der Waals surface area contributed by atoms with Crippen LogP contribution < -0.4 is 5.32 Å². The fraction of sp³-hybridized carbons (Fsp3) is 0.409. The van der Waals surface area contributed by atoms with Crippen molar-refractivity contribution >= 4 is 27.5 Å². The summed E-state index contributed by atoms with van der Waals surface area (Å²) in [6.45, 7) is 7.01. The molecule has 5 nitrogen and oxygen atoms in total. The molecule has 1 N–H and O–H groups in total. The Hall–Kier alpha value is -1.89. The molecule has 0 spiro atoms. The van der Waals surface area contributed by atoms with E-state index < -0.39 is 15.9 Å². The lowest BCUT2D eigenvalue weighted by atomic mass is 10.0. The predicted molar refractivity (Wildman–Crippen MR) is 116 cm³/mol. The first-order valence-corrected chi connectivity index (χ1v) is 11.7. The summed E-state index contributed by atoms with van der Waals surface area (Å²) in [4.78, 5) is 12.9. The Balaban J connectivity index is 1.81. The van der Waals surface area contributed by atoms with Crippen molar-refractivity contribution in [2.24, 2.45) is 5.92 Å². The minimum Gasteiger partial charge on any atom is -0.345 e. The average Bonchev–Trinajstić information content (AvgIpc) is 2.68. The zero-order valence-electron chi connectivity index (χ0n) is 17.0. The first kappa shape index (κ1) is 21.8. The van der Waals surface area contributed by atoms with Crippen LogP contribution in [0.25, 0.3) is 0 Å². The second-order valence-electron chi connectivity index (χ2n) is 7.83. The molecule has 0 saturated carbocycles. The zero-order chi connectivity index (χ0) is 21.2. The van der Waals surface area contributed by atoms with Crippen molar-refractivity contribution in [2.45, 2.75) is 44.6 Å². The number of rotatable bonds is 5. The van der Waals surface area contributed by atoms with Crippen LogP contribution in [0.5, 0.6) is 0 Å². The Bertz CT molecular complexity index is 982. The number of hydrogen-bond donors (Lipinski definition) is 1. The van der Waals surface area contributed by atoms with E-state index in [1.165, 1.54) is 22.5 Å². The molecule has 7 heteroatoms. The molecule has 29 heavy (non-hydrogen) atoms. The van der Waals surface area contributed by atoms with Crippen molar-refractivity contribution < 1.29 is 13.2 Å². The summed E-state index contributed by atoms with van der Waals surface area (Å²) in [5.41, 5.74) is 2.27. The van der Waals surface area contributed by atoms with E-state index in [-0.39, 0.29) is 21.5 Å². The number of benzene rings is 2. The van der Waals surface area contributed by atoms with Gasteiger partial charge in [0.1, 0.15) is 0 Å². The van der Waals surface area contributed by atoms with Crippen LogP contribution in [0.4, 0.5) is 0 Å². The molecule has 3 rings (SSSR count). The molecular weight excluding hydrogens is 408 g/mol. The lowest BCUT2D eigenvalue weighted by molar-refractivity contribution is 0.0940. The molecule has 1 aliphatic heterocycles. The second-order valence-corrected chi connectivity index (χ2v) is 10.2. The van der Waals surface area contributed by atoms with Gasteiger partial charge in [-0.25, -0.2) is 8.42 Å². The lowest BCUT2D eigenvalue weighted by Crippen LogP contribution is -2.38. The van der Waals surface area contributed by atoms with E-state index in [4.69, 9.17) is 11.6 Å². The molecule has 1 heterocycles. The highest BCUT2D eigenvalue weighted by atomic mass is 35.5. The predicted octanol–water partition coefficient (Wildman–Crippen LogP) is 4.56. The van der Waals surface area contributed by atoms with Crippen molar-refractivity contribution in [2.75, 3.05) is 13.1 Å². The maximum atomic E-state index is 13.0. The molecule has 0 bridgehead atoms. The summed E-state index contributed by atoms with van der Waals surface area (Å²) < 4.78 is 27.5. The molecule has 0 radical (unpaired) electrons. The van der Waals surface area contributed by atoms with Crippen LogP contribution in [0.2, 0.25) is 5.02 Å². The zero-order valence-corrected chi connectivity index (χ0v) is 18.6. The molecule has 0 aromatic heterocycles. The van der Waals surface area contributed by atoms with Crippen molar-refractivity contribution in [3.63, 3.8) is 0 Å². The highest BCUT2D eigenvalue weighted by Crippen LogP contribution is 2.27. The molecule has 156 valence electrons. The number of amides is 1. The topological polar surface area (TPSA) is 66.5 Å². The Kier molecular flexibility index (Phi) is 6.66. The summed E-state index contributed by atoms with van der Waals surface area (Å²) in [7, 11) is -3.65. The van der Waals surface area contributed by atoms with Crippen LogP contribution in [-0.4, -0.2) is 31.7 Å². The number of hydrogen-bond acceptors (Lipinski definition) is 3. The third-order valence-electron chi connectivity index (χ3n) is 5.49. The largest absolute Gasteiger partial charge is 0.345 e. The van der Waals surface area contributed by atoms with Crippen LogP contribution in [0.15, 0.2) is 47.4 Å². The maximum Gasteiger partial charge on any atom is 0.253 e. The Morgan fingerprint density at radius 3 is 2.38 bits per heavy atom. The van der Waals surface area contributed by atoms with E-state index in [2.05, 4.69) is 12.2 Å². The Morgan fingerprint density at radius 2 is 1.76 bits per heavy atom. The molecule has 2 aromatic rings. The van der Waals surface area contributed by atoms with Gasteiger partial charge in [0, 0.05) is 13.1 Å². The fourth-order valence-electron chi connectivity index (χ4n) is 3.43. The molecule has 1 fully saturated rings. The average molecular weight is 435 g/mol. The summed E-state index contributed by atoms with van der Waals surface area (Å²) in [6, 6.07) is 12.0. The van der Waals surface area contributed by atoms with Gasteiger partial charge in [-0.05, 0) is 56.4 Å². The Labute approximate surface area is 178 Å². The van der Waals surface area contributed by atoms with Gasteiger partial charge in [0.2, 0.25) is 10.0 Å². The van der Waals surface area contributed by atoms with E-state index in [1.54, 1.807) is 0 Å². The van der Waals surface area contributed by atoms with Gasteiger partial charge >= 0.3 is 0 Å². The number of halogens is 1. The van der Waals surface area contributed by atoms with Gasteiger partial charge in [0.05, 0.1) is 21.5 Å². The molecular formula is C22H27ClN2O3S. The highest BCUT2D eigenvalue weighted by Gasteiger charge is 2.29. The van der Waals surface area contributed by atoms with Gasteiger partial charge in [-0.1, -0.05) is 48.4 Å². The maximum absolute atomic E-state index is 13.0. The molecule has 0 aliphatic carbocycles. The van der Waals surface area contributed by atoms with E-state index in [1.807, 2.05) is 38.1 Å². The number of nitrogens with zero attached hydrogens (tertiary/aromatic N) is 1. The second kappa shape index (κ2) is 8.86. The van der Waals surface area contributed by atoms with Gasteiger partial charge in [0.15, 0.2) is 0 Å². The molecule has 0 unspecified atom stereocenters. The number of piperidine rings is 1. The van der Waals surface area contributed by atoms with Gasteiger partial charge in [0.25, 0.3) is 5.91 Å². The smallest absolute Gasteiger partial charge is 0.253 e. The number of carbonyl (C=O) groups excluding carboxylic acids is 1. The quantitative estimate of drug-likeness (QED) is 0.750. The minimum atomic E-state index is -3.65. The molecule has 2 aromatic carbocycles. The van der Waals surface area contributed by atoms with Crippen LogP contribution >= 0.6 is 11.6 Å². The molecule has 1 aliphatic rings. The first-order chi connectivity index (χ1) is 13.7. The van der Waals surface area contributed by atoms with Gasteiger partial charge < -0.3 is 5.32 Å². The van der Waals surface area contributed by atoms with Crippen LogP contribution in [0.1, 0.15) is 54.2 Å². The highest BCUT2D eigenvalue weighted by molar-refractivity contribution is 7.89. The van der Waals surface area contributed by atoms with Gasteiger partial charge in [-0.3, -0.25) is 4.79 Å². The summed E-state index contributed by atoms with van der Waals surface area (Å²) in [5, 5.41) is 3.13. The minimum absolute atomic E-state index is 0.101. The van der Waals surface area contributed by atoms with Gasteiger partial charge in [-0.15, -0.1) is 0 Å². The van der Waals surface area contributed by atoms with Gasteiger partial charge in [-0.2, -0.15) is 4.31 Å². The third kappa shape index (κ3) is 5.00. The number of aryl methyl sites for hydroxylation is 1. The lowest BCUT2D eigenvalue weighted by Gasteiger charge is -2.29. The summed E-state index contributed by atoms with van der Waals surface area (Å²) in [5.74, 6) is 0.128. The summed E-state index contributed by atoms with van der Waals surface area (Å²) >= 11 is 6.23. The van der Waals surface area contributed by atoms with Crippen LogP contribution in [-0.2, 0) is 10.0 Å². The number of sulfonamides is 1. The van der Waals surface area contributed by atoms with Crippen LogP contribution in [0.3, 0.4) is 0 Å². The summed E-state index contributed by atoms with van der Waals surface area (Å²) in [6.07, 6.45) is 1.68. The van der Waals surface area contributed by atoms with Crippen molar-refractivity contribution in [1.29, 1.82) is 0 Å². The monoisotopic (exact) mass is 434 g/mol. The van der Waals surface area contributed by atoms with Crippen LogP contribution in [0, 0.1) is 12.8 Å². The van der Waals surface area contributed by atoms with Crippen molar-refractivity contribution in [3.8, 4) is 0 Å². The normalized spacial score (nSPS) is 17.1. The first-order valence-electron chi connectivity index (χ1n) is 9.85. The fourth-order valence-corrected chi connectivity index (χ4v) is 5.13. The standard InChI is InChI=1S/C22H27ClN2O3S/c1-15-4-6-18(7-5-15)17(3)24-22(26)20-14-19(8-9-21(20)23)29(27,28)25-12-10-16(2)11-13-25/h4-9,14,16-17H,10-13H2,1-3H3,(H,24,26)/t17-/m0/s1. The van der Waals surface area contributed by atoms with E-state index >= 15 is 0 Å². The van der Waals surface area contributed by atoms with Crippen molar-refractivity contribution in [3.05, 3.63) is 64.2 Å². The molecule has 1 atom stereocenters.